The number of carbonyl (C=O) groups excluding carboxylic acids is 2. The summed E-state index contributed by atoms with van der Waals surface area (Å²) in [6, 6.07) is 4.07. The predicted octanol–water partition coefficient (Wildman–Crippen LogP) is 2.67. The second kappa shape index (κ2) is 7.48. The van der Waals surface area contributed by atoms with Crippen molar-refractivity contribution < 1.29 is 14.3 Å². The average Bonchev–Trinajstić information content (AvgIpc) is 3.08. The van der Waals surface area contributed by atoms with Gasteiger partial charge in [-0.05, 0) is 44.9 Å². The number of thiazole rings is 1. The molecule has 8 heteroatoms. The molecule has 2 heterocycles. The average molecular weight is 386 g/mol. The molecule has 0 atom stereocenters. The van der Waals surface area contributed by atoms with Crippen molar-refractivity contribution >= 4 is 33.4 Å². The van der Waals surface area contributed by atoms with E-state index in [1.807, 2.05) is 26.8 Å². The van der Waals surface area contributed by atoms with Gasteiger partial charge in [0, 0.05) is 18.8 Å². The Labute approximate surface area is 160 Å². The molecule has 0 saturated heterocycles. The maximum absolute atomic E-state index is 12.7. The molecular formula is C19H22N4O3S. The highest BCUT2D eigenvalue weighted by atomic mass is 32.1. The molecule has 142 valence electrons. The van der Waals surface area contributed by atoms with Gasteiger partial charge >= 0.3 is 5.97 Å². The summed E-state index contributed by atoms with van der Waals surface area (Å²) in [5, 5.41) is 4.19. The van der Waals surface area contributed by atoms with Crippen LogP contribution in [-0.4, -0.2) is 32.8 Å². The third kappa shape index (κ3) is 3.85. The molecule has 0 aliphatic rings. The number of ether oxygens (including phenoxy) is 1. The molecule has 3 aromatic rings. The Kier molecular flexibility index (Phi) is 5.27. The third-order valence-electron chi connectivity index (χ3n) is 4.12. The fourth-order valence-corrected chi connectivity index (χ4v) is 4.12. The highest BCUT2D eigenvalue weighted by molar-refractivity contribution is 7.16. The van der Waals surface area contributed by atoms with Crippen LogP contribution in [0.15, 0.2) is 23.3 Å². The smallest absolute Gasteiger partial charge is 0.326 e. The summed E-state index contributed by atoms with van der Waals surface area (Å²) in [7, 11) is 1.76. The van der Waals surface area contributed by atoms with Gasteiger partial charge in [0.1, 0.15) is 6.54 Å². The van der Waals surface area contributed by atoms with Crippen molar-refractivity contribution in [2.75, 3.05) is 6.61 Å². The van der Waals surface area contributed by atoms with Gasteiger partial charge in [0.25, 0.3) is 5.91 Å². The summed E-state index contributed by atoms with van der Waals surface area (Å²) >= 11 is 1.39. The van der Waals surface area contributed by atoms with Crippen molar-refractivity contribution in [2.24, 2.45) is 12.0 Å². The summed E-state index contributed by atoms with van der Waals surface area (Å²) in [4.78, 5) is 29.5. The van der Waals surface area contributed by atoms with Crippen LogP contribution >= 0.6 is 11.3 Å². The Hall–Kier alpha value is -2.74. The number of amides is 1. The zero-order valence-corrected chi connectivity index (χ0v) is 16.9. The number of hydrogen-bond donors (Lipinski definition) is 0. The topological polar surface area (TPSA) is 78.5 Å². The molecule has 2 aromatic heterocycles. The first-order valence-corrected chi connectivity index (χ1v) is 9.47. The van der Waals surface area contributed by atoms with E-state index in [0.717, 1.165) is 26.9 Å². The zero-order valence-electron chi connectivity index (χ0n) is 16.1. The fourth-order valence-electron chi connectivity index (χ4n) is 3.04. The lowest BCUT2D eigenvalue weighted by Crippen LogP contribution is -2.23. The first-order chi connectivity index (χ1) is 12.8. The number of rotatable bonds is 4. The Bertz CT molecular complexity index is 1100. The van der Waals surface area contributed by atoms with Crippen LogP contribution in [0.4, 0.5) is 0 Å². The molecule has 0 spiro atoms. The van der Waals surface area contributed by atoms with Gasteiger partial charge in [-0.3, -0.25) is 14.3 Å². The van der Waals surface area contributed by atoms with E-state index in [2.05, 4.69) is 16.2 Å². The SMILES string of the molecule is CCOC(=O)Cn1c(=NC(=O)c2nn(C)cc2C)sc2c(C)cc(C)cc21. The summed E-state index contributed by atoms with van der Waals surface area (Å²) in [6.45, 7) is 7.90. The minimum absolute atomic E-state index is 0.00401. The van der Waals surface area contributed by atoms with Crippen molar-refractivity contribution in [3.63, 3.8) is 0 Å². The number of benzene rings is 1. The maximum atomic E-state index is 12.7. The molecular weight excluding hydrogens is 364 g/mol. The monoisotopic (exact) mass is 386 g/mol. The number of esters is 1. The van der Waals surface area contributed by atoms with Gasteiger partial charge in [0.15, 0.2) is 10.5 Å². The van der Waals surface area contributed by atoms with E-state index in [1.54, 1.807) is 29.4 Å². The van der Waals surface area contributed by atoms with Crippen LogP contribution in [-0.2, 0) is 23.1 Å². The maximum Gasteiger partial charge on any atom is 0.326 e. The minimum atomic E-state index is -0.424. The van der Waals surface area contributed by atoms with Crippen molar-refractivity contribution in [3.05, 3.63) is 45.5 Å². The van der Waals surface area contributed by atoms with E-state index in [9.17, 15) is 9.59 Å². The molecule has 0 bridgehead atoms. The van der Waals surface area contributed by atoms with E-state index in [1.165, 1.54) is 11.3 Å². The highest BCUT2D eigenvalue weighted by Gasteiger charge is 2.16. The Morgan fingerprint density at radius 3 is 2.59 bits per heavy atom. The van der Waals surface area contributed by atoms with E-state index in [0.29, 0.717) is 17.1 Å². The number of carbonyl (C=O) groups is 2. The lowest BCUT2D eigenvalue weighted by atomic mass is 10.1. The Balaban J connectivity index is 2.18. The molecule has 0 aliphatic heterocycles. The number of nitrogens with zero attached hydrogens (tertiary/aromatic N) is 4. The van der Waals surface area contributed by atoms with Gasteiger partial charge in [0.05, 0.1) is 16.8 Å². The molecule has 27 heavy (non-hydrogen) atoms. The molecule has 1 amide bonds. The van der Waals surface area contributed by atoms with Crippen LogP contribution in [0.2, 0.25) is 0 Å². The molecule has 0 unspecified atom stereocenters. The Morgan fingerprint density at radius 1 is 1.22 bits per heavy atom. The van der Waals surface area contributed by atoms with Gasteiger partial charge in [0.2, 0.25) is 0 Å². The van der Waals surface area contributed by atoms with Crippen molar-refractivity contribution in [1.29, 1.82) is 0 Å². The summed E-state index contributed by atoms with van der Waals surface area (Å²) in [6.07, 6.45) is 1.77. The number of aromatic nitrogens is 3. The normalized spacial score (nSPS) is 12.0. The van der Waals surface area contributed by atoms with E-state index in [4.69, 9.17) is 4.74 Å². The molecule has 7 nitrogen and oxygen atoms in total. The number of hydrogen-bond acceptors (Lipinski definition) is 5. The molecule has 0 fully saturated rings. The molecule has 0 saturated carbocycles. The molecule has 3 rings (SSSR count). The second-order valence-corrected chi connectivity index (χ2v) is 7.43. The largest absolute Gasteiger partial charge is 0.465 e. The lowest BCUT2D eigenvalue weighted by Gasteiger charge is -2.06. The van der Waals surface area contributed by atoms with Crippen molar-refractivity contribution in [3.8, 4) is 0 Å². The predicted molar refractivity (Wildman–Crippen MR) is 104 cm³/mol. The molecule has 0 radical (unpaired) electrons. The van der Waals surface area contributed by atoms with Crippen LogP contribution in [0.1, 0.15) is 34.1 Å². The highest BCUT2D eigenvalue weighted by Crippen LogP contribution is 2.23. The first kappa shape index (κ1) is 19.0. The van der Waals surface area contributed by atoms with Gasteiger partial charge in [-0.15, -0.1) is 0 Å². The third-order valence-corrected chi connectivity index (χ3v) is 5.35. The van der Waals surface area contributed by atoms with Crippen molar-refractivity contribution in [1.82, 2.24) is 14.3 Å². The molecule has 1 aromatic carbocycles. The fraction of sp³-hybridized carbons (Fsp3) is 0.368. The van der Waals surface area contributed by atoms with E-state index >= 15 is 0 Å². The van der Waals surface area contributed by atoms with Gasteiger partial charge in [-0.2, -0.15) is 10.1 Å². The number of aryl methyl sites for hydroxylation is 4. The quantitative estimate of drug-likeness (QED) is 0.646. The van der Waals surface area contributed by atoms with Crippen LogP contribution < -0.4 is 4.80 Å². The van der Waals surface area contributed by atoms with Gasteiger partial charge < -0.3 is 9.30 Å². The van der Waals surface area contributed by atoms with Crippen LogP contribution in [0.25, 0.3) is 10.2 Å². The molecule has 0 aliphatic carbocycles. The van der Waals surface area contributed by atoms with Gasteiger partial charge in [-0.1, -0.05) is 17.4 Å². The van der Waals surface area contributed by atoms with E-state index in [-0.39, 0.29) is 12.5 Å². The molecule has 0 N–H and O–H groups in total. The van der Waals surface area contributed by atoms with Crippen molar-refractivity contribution in [2.45, 2.75) is 34.2 Å². The zero-order chi connectivity index (χ0) is 19.7. The van der Waals surface area contributed by atoms with Crippen LogP contribution in [0, 0.1) is 20.8 Å². The standard InChI is InChI=1S/C19H22N4O3S/c1-6-26-15(24)10-23-14-8-11(2)7-12(3)17(14)27-19(23)20-18(25)16-13(4)9-22(5)21-16/h7-9H,6,10H2,1-5H3. The van der Waals surface area contributed by atoms with Crippen LogP contribution in [0.3, 0.4) is 0 Å². The number of fused-ring (bicyclic) bond motifs is 1. The minimum Gasteiger partial charge on any atom is -0.465 e. The van der Waals surface area contributed by atoms with E-state index < -0.39 is 5.91 Å². The summed E-state index contributed by atoms with van der Waals surface area (Å²) in [5.41, 5.74) is 4.10. The summed E-state index contributed by atoms with van der Waals surface area (Å²) in [5.74, 6) is -0.786. The summed E-state index contributed by atoms with van der Waals surface area (Å²) < 4.78 is 9.42. The lowest BCUT2D eigenvalue weighted by molar-refractivity contribution is -0.143. The van der Waals surface area contributed by atoms with Crippen LogP contribution in [0.5, 0.6) is 0 Å². The van der Waals surface area contributed by atoms with Gasteiger partial charge in [-0.25, -0.2) is 0 Å². The second-order valence-electron chi connectivity index (χ2n) is 6.46. The Morgan fingerprint density at radius 2 is 1.96 bits per heavy atom. The first-order valence-electron chi connectivity index (χ1n) is 8.65.